The predicted molar refractivity (Wildman–Crippen MR) is 93.3 cm³/mol. The number of rotatable bonds is 5. The molecule has 120 valence electrons. The van der Waals surface area contributed by atoms with Gasteiger partial charge in [-0.05, 0) is 67.6 Å². The maximum Gasteiger partial charge on any atom is 0.142 e. The fourth-order valence-electron chi connectivity index (χ4n) is 2.76. The highest BCUT2D eigenvalue weighted by atomic mass is 35.5. The minimum absolute atomic E-state index is 0.451. The summed E-state index contributed by atoms with van der Waals surface area (Å²) in [4.78, 5) is 5.55. The van der Waals surface area contributed by atoms with Crippen molar-refractivity contribution in [2.24, 2.45) is 5.16 Å². The zero-order valence-electron chi connectivity index (χ0n) is 13.2. The zero-order chi connectivity index (χ0) is 16.1. The van der Waals surface area contributed by atoms with Crippen molar-refractivity contribution in [1.82, 2.24) is 0 Å². The Balaban J connectivity index is 1.70. The van der Waals surface area contributed by atoms with Crippen LogP contribution in [-0.2, 0) is 17.9 Å². The van der Waals surface area contributed by atoms with Crippen LogP contribution in [0.5, 0.6) is 5.75 Å². The molecule has 0 amide bonds. The van der Waals surface area contributed by atoms with Crippen molar-refractivity contribution in [1.29, 1.82) is 0 Å². The molecule has 0 atom stereocenters. The second-order valence-electron chi connectivity index (χ2n) is 5.54. The van der Waals surface area contributed by atoms with Crippen LogP contribution in [-0.4, -0.2) is 12.3 Å². The molecule has 3 rings (SSSR count). The van der Waals surface area contributed by atoms with E-state index in [9.17, 15) is 0 Å². The van der Waals surface area contributed by atoms with Gasteiger partial charge in [-0.25, -0.2) is 0 Å². The van der Waals surface area contributed by atoms with Crippen molar-refractivity contribution in [2.45, 2.75) is 32.8 Å². The first-order valence-corrected chi connectivity index (χ1v) is 8.33. The van der Waals surface area contributed by atoms with Crippen molar-refractivity contribution >= 4 is 17.3 Å². The Bertz CT molecular complexity index is 695. The fraction of sp³-hybridized carbons (Fsp3) is 0.316. The lowest BCUT2D eigenvalue weighted by Crippen LogP contribution is -2.12. The molecular weight excluding hydrogens is 310 g/mol. The van der Waals surface area contributed by atoms with E-state index < -0.39 is 0 Å². The number of aryl methyl sites for hydroxylation is 1. The van der Waals surface area contributed by atoms with Crippen molar-refractivity contribution in [3.63, 3.8) is 0 Å². The van der Waals surface area contributed by atoms with Crippen LogP contribution in [0.1, 0.15) is 36.5 Å². The van der Waals surface area contributed by atoms with E-state index in [1.807, 2.05) is 37.3 Å². The number of ether oxygens (including phenoxy) is 1. The van der Waals surface area contributed by atoms with E-state index in [1.165, 1.54) is 11.1 Å². The highest BCUT2D eigenvalue weighted by Gasteiger charge is 2.16. The largest absolute Gasteiger partial charge is 0.494 e. The quantitative estimate of drug-likeness (QED) is 0.723. The number of oxime groups is 1. The van der Waals surface area contributed by atoms with Crippen LogP contribution in [0, 0.1) is 0 Å². The summed E-state index contributed by atoms with van der Waals surface area (Å²) in [7, 11) is 0. The van der Waals surface area contributed by atoms with E-state index in [-0.39, 0.29) is 0 Å². The van der Waals surface area contributed by atoms with Gasteiger partial charge < -0.3 is 9.57 Å². The van der Waals surface area contributed by atoms with Crippen LogP contribution in [0.2, 0.25) is 5.02 Å². The molecule has 0 radical (unpaired) electrons. The Morgan fingerprint density at radius 3 is 2.70 bits per heavy atom. The van der Waals surface area contributed by atoms with E-state index in [0.29, 0.717) is 13.2 Å². The molecule has 3 nitrogen and oxygen atoms in total. The Labute approximate surface area is 141 Å². The van der Waals surface area contributed by atoms with Crippen LogP contribution in [0.15, 0.2) is 47.6 Å². The third kappa shape index (κ3) is 4.05. The standard InChI is InChI=1S/C19H20ClNO2/c1-2-22-17-10-11-18-15(12-17)4-3-5-19(18)21-23-13-14-6-8-16(20)9-7-14/h6-12H,2-5,13H2,1H3/b21-19+. The monoisotopic (exact) mass is 329 g/mol. The van der Waals surface area contributed by atoms with E-state index in [2.05, 4.69) is 17.3 Å². The molecule has 2 aromatic carbocycles. The van der Waals surface area contributed by atoms with Gasteiger partial charge in [0.15, 0.2) is 0 Å². The van der Waals surface area contributed by atoms with Crippen molar-refractivity contribution in [3.05, 3.63) is 64.2 Å². The summed E-state index contributed by atoms with van der Waals surface area (Å²) in [6.07, 6.45) is 3.10. The van der Waals surface area contributed by atoms with Gasteiger partial charge in [0.2, 0.25) is 0 Å². The third-order valence-corrected chi connectivity index (χ3v) is 4.13. The summed E-state index contributed by atoms with van der Waals surface area (Å²) in [6, 6.07) is 13.8. The number of nitrogens with zero attached hydrogens (tertiary/aromatic N) is 1. The van der Waals surface area contributed by atoms with Crippen LogP contribution >= 0.6 is 11.6 Å². The Morgan fingerprint density at radius 1 is 1.09 bits per heavy atom. The number of halogens is 1. The predicted octanol–water partition coefficient (Wildman–Crippen LogP) is 5.00. The summed E-state index contributed by atoms with van der Waals surface area (Å²) >= 11 is 5.88. The summed E-state index contributed by atoms with van der Waals surface area (Å²) in [5, 5.41) is 5.09. The summed E-state index contributed by atoms with van der Waals surface area (Å²) in [5.41, 5.74) is 4.54. The van der Waals surface area contributed by atoms with Gasteiger partial charge in [0.25, 0.3) is 0 Å². The highest BCUT2D eigenvalue weighted by molar-refractivity contribution is 6.30. The minimum Gasteiger partial charge on any atom is -0.494 e. The SMILES string of the molecule is CCOc1ccc2c(c1)CCC/C2=N\OCc1ccc(Cl)cc1. The number of fused-ring (bicyclic) bond motifs is 1. The normalized spacial score (nSPS) is 15.3. The first-order chi connectivity index (χ1) is 11.3. The molecule has 0 fully saturated rings. The molecule has 0 spiro atoms. The molecule has 0 saturated heterocycles. The number of hydrogen-bond donors (Lipinski definition) is 0. The van der Waals surface area contributed by atoms with Crippen LogP contribution in [0.4, 0.5) is 0 Å². The van der Waals surface area contributed by atoms with Gasteiger partial charge in [-0.3, -0.25) is 0 Å². The van der Waals surface area contributed by atoms with Gasteiger partial charge in [0.05, 0.1) is 12.3 Å². The van der Waals surface area contributed by atoms with Crippen LogP contribution < -0.4 is 4.74 Å². The lowest BCUT2D eigenvalue weighted by Gasteiger charge is -2.18. The van der Waals surface area contributed by atoms with Gasteiger partial charge in [-0.15, -0.1) is 0 Å². The fourth-order valence-corrected chi connectivity index (χ4v) is 2.88. The molecule has 0 saturated carbocycles. The van der Waals surface area contributed by atoms with Crippen molar-refractivity contribution in [2.75, 3.05) is 6.61 Å². The topological polar surface area (TPSA) is 30.8 Å². The maximum absolute atomic E-state index is 5.88. The van der Waals surface area contributed by atoms with Crippen molar-refractivity contribution < 1.29 is 9.57 Å². The Kier molecular flexibility index (Phi) is 5.19. The second-order valence-corrected chi connectivity index (χ2v) is 5.98. The van der Waals surface area contributed by atoms with Gasteiger partial charge in [-0.1, -0.05) is 28.9 Å². The van der Waals surface area contributed by atoms with Crippen LogP contribution in [0.25, 0.3) is 0 Å². The highest BCUT2D eigenvalue weighted by Crippen LogP contribution is 2.26. The van der Waals surface area contributed by atoms with Crippen molar-refractivity contribution in [3.8, 4) is 5.75 Å². The third-order valence-electron chi connectivity index (χ3n) is 3.88. The average Bonchev–Trinajstić information content (AvgIpc) is 2.57. The first-order valence-electron chi connectivity index (χ1n) is 7.95. The van der Waals surface area contributed by atoms with E-state index in [4.69, 9.17) is 21.2 Å². The second kappa shape index (κ2) is 7.51. The van der Waals surface area contributed by atoms with Crippen LogP contribution in [0.3, 0.4) is 0 Å². The lowest BCUT2D eigenvalue weighted by atomic mass is 9.90. The molecule has 2 aromatic rings. The molecule has 0 bridgehead atoms. The molecule has 0 aliphatic heterocycles. The Hall–Kier alpha value is -2.00. The van der Waals surface area contributed by atoms with Gasteiger partial charge in [-0.2, -0.15) is 0 Å². The molecule has 0 aromatic heterocycles. The average molecular weight is 330 g/mol. The molecule has 23 heavy (non-hydrogen) atoms. The zero-order valence-corrected chi connectivity index (χ0v) is 14.0. The molecule has 1 aliphatic carbocycles. The van der Waals surface area contributed by atoms with Gasteiger partial charge in [0, 0.05) is 10.6 Å². The minimum atomic E-state index is 0.451. The van der Waals surface area contributed by atoms with Gasteiger partial charge in [0.1, 0.15) is 12.4 Å². The molecule has 4 heteroatoms. The molecule has 0 unspecified atom stereocenters. The van der Waals surface area contributed by atoms with E-state index >= 15 is 0 Å². The maximum atomic E-state index is 5.88. The summed E-state index contributed by atoms with van der Waals surface area (Å²) in [6.45, 7) is 3.13. The molecule has 0 N–H and O–H groups in total. The molecular formula is C19H20ClNO2. The Morgan fingerprint density at radius 2 is 1.91 bits per heavy atom. The number of benzene rings is 2. The summed E-state index contributed by atoms with van der Waals surface area (Å²) in [5.74, 6) is 0.926. The summed E-state index contributed by atoms with van der Waals surface area (Å²) < 4.78 is 5.57. The smallest absolute Gasteiger partial charge is 0.142 e. The van der Waals surface area contributed by atoms with E-state index in [1.54, 1.807) is 0 Å². The number of hydrogen-bond acceptors (Lipinski definition) is 3. The van der Waals surface area contributed by atoms with Gasteiger partial charge >= 0.3 is 0 Å². The van der Waals surface area contributed by atoms with E-state index in [0.717, 1.165) is 41.3 Å². The molecule has 1 aliphatic rings. The lowest BCUT2D eigenvalue weighted by molar-refractivity contribution is 0.130. The first kappa shape index (κ1) is 15.9. The molecule has 0 heterocycles.